The smallest absolute Gasteiger partial charge is 0.240 e. The van der Waals surface area contributed by atoms with E-state index in [4.69, 9.17) is 4.74 Å². The molecule has 0 bridgehead atoms. The number of ether oxygens (including phenoxy) is 1. The SMILES string of the molecule is COc1cccc(-c2ccc(S(=O)(=O)NCCc3c[nH]c4ccccc34)cc2)c1. The van der Waals surface area contributed by atoms with Gasteiger partial charge in [0.25, 0.3) is 0 Å². The molecule has 0 radical (unpaired) electrons. The van der Waals surface area contributed by atoms with Gasteiger partial charge in [-0.25, -0.2) is 13.1 Å². The Hall–Kier alpha value is -3.09. The molecular weight excluding hydrogens is 384 g/mol. The van der Waals surface area contributed by atoms with Crippen molar-refractivity contribution in [2.75, 3.05) is 13.7 Å². The van der Waals surface area contributed by atoms with Gasteiger partial charge in [-0.3, -0.25) is 0 Å². The number of sulfonamides is 1. The third-order valence-electron chi connectivity index (χ3n) is 4.93. The Bertz CT molecular complexity index is 1230. The first-order chi connectivity index (χ1) is 14.1. The second-order valence-corrected chi connectivity index (χ2v) is 8.53. The molecule has 4 aromatic rings. The van der Waals surface area contributed by atoms with Gasteiger partial charge in [-0.2, -0.15) is 0 Å². The molecule has 4 rings (SSSR count). The summed E-state index contributed by atoms with van der Waals surface area (Å²) in [6.45, 7) is 0.335. The number of hydrogen-bond donors (Lipinski definition) is 2. The van der Waals surface area contributed by atoms with Crippen LogP contribution in [0.3, 0.4) is 0 Å². The van der Waals surface area contributed by atoms with E-state index in [0.29, 0.717) is 13.0 Å². The lowest BCUT2D eigenvalue weighted by Gasteiger charge is -2.09. The quantitative estimate of drug-likeness (QED) is 0.479. The lowest BCUT2D eigenvalue weighted by Crippen LogP contribution is -2.25. The fourth-order valence-electron chi connectivity index (χ4n) is 3.37. The lowest BCUT2D eigenvalue weighted by molar-refractivity contribution is 0.415. The Labute approximate surface area is 170 Å². The van der Waals surface area contributed by atoms with Crippen molar-refractivity contribution in [2.24, 2.45) is 0 Å². The van der Waals surface area contributed by atoms with Gasteiger partial charge in [0.1, 0.15) is 5.75 Å². The van der Waals surface area contributed by atoms with E-state index in [1.165, 1.54) is 0 Å². The number of H-pyrrole nitrogens is 1. The van der Waals surface area contributed by atoms with Gasteiger partial charge >= 0.3 is 0 Å². The van der Waals surface area contributed by atoms with Gasteiger partial charge in [-0.05, 0) is 53.4 Å². The van der Waals surface area contributed by atoms with E-state index in [0.717, 1.165) is 33.3 Å². The molecule has 1 heterocycles. The van der Waals surface area contributed by atoms with Crippen molar-refractivity contribution < 1.29 is 13.2 Å². The summed E-state index contributed by atoms with van der Waals surface area (Å²) in [4.78, 5) is 3.46. The summed E-state index contributed by atoms with van der Waals surface area (Å²) in [7, 11) is -1.94. The fraction of sp³-hybridized carbons (Fsp3) is 0.130. The average Bonchev–Trinajstić information content (AvgIpc) is 3.17. The van der Waals surface area contributed by atoms with Crippen molar-refractivity contribution in [1.29, 1.82) is 0 Å². The molecule has 2 N–H and O–H groups in total. The summed E-state index contributed by atoms with van der Waals surface area (Å²) >= 11 is 0. The largest absolute Gasteiger partial charge is 0.497 e. The van der Waals surface area contributed by atoms with Crippen LogP contribution in [-0.4, -0.2) is 27.1 Å². The summed E-state index contributed by atoms with van der Waals surface area (Å²) in [5.41, 5.74) is 4.05. The first-order valence-corrected chi connectivity index (χ1v) is 10.8. The highest BCUT2D eigenvalue weighted by molar-refractivity contribution is 7.89. The Kier molecular flexibility index (Phi) is 5.38. The predicted molar refractivity (Wildman–Crippen MR) is 116 cm³/mol. The number of fused-ring (bicyclic) bond motifs is 1. The van der Waals surface area contributed by atoms with Crippen LogP contribution in [0.2, 0.25) is 0 Å². The zero-order chi connectivity index (χ0) is 20.3. The van der Waals surface area contributed by atoms with Gasteiger partial charge < -0.3 is 9.72 Å². The number of para-hydroxylation sites is 1. The standard InChI is InChI=1S/C23H22N2O3S/c1-28-20-6-4-5-18(15-20)17-9-11-21(12-10-17)29(26,27)25-14-13-19-16-24-23-8-3-2-7-22(19)23/h2-12,15-16,24-25H,13-14H2,1H3. The minimum atomic E-state index is -3.56. The number of hydrogen-bond acceptors (Lipinski definition) is 3. The molecule has 0 aliphatic rings. The molecule has 0 aliphatic heterocycles. The molecule has 0 unspecified atom stereocenters. The summed E-state index contributed by atoms with van der Waals surface area (Å²) in [5, 5.41) is 1.12. The van der Waals surface area contributed by atoms with Crippen LogP contribution in [0.4, 0.5) is 0 Å². The summed E-state index contributed by atoms with van der Waals surface area (Å²) < 4.78 is 33.2. The molecular formula is C23H22N2O3S. The van der Waals surface area contributed by atoms with Crippen LogP contribution < -0.4 is 9.46 Å². The minimum absolute atomic E-state index is 0.253. The Balaban J connectivity index is 1.44. The molecule has 1 aromatic heterocycles. The van der Waals surface area contributed by atoms with Crippen LogP contribution in [0.25, 0.3) is 22.0 Å². The summed E-state index contributed by atoms with van der Waals surface area (Å²) in [6.07, 6.45) is 2.55. The van der Waals surface area contributed by atoms with E-state index in [9.17, 15) is 8.42 Å². The number of aromatic nitrogens is 1. The molecule has 6 heteroatoms. The van der Waals surface area contributed by atoms with Crippen molar-refractivity contribution in [1.82, 2.24) is 9.71 Å². The Morgan fingerprint density at radius 3 is 2.52 bits per heavy atom. The maximum Gasteiger partial charge on any atom is 0.240 e. The molecule has 0 fully saturated rings. The highest BCUT2D eigenvalue weighted by Gasteiger charge is 2.14. The van der Waals surface area contributed by atoms with Crippen molar-refractivity contribution >= 4 is 20.9 Å². The monoisotopic (exact) mass is 406 g/mol. The molecule has 0 saturated heterocycles. The van der Waals surface area contributed by atoms with E-state index in [1.807, 2.05) is 66.9 Å². The summed E-state index contributed by atoms with van der Waals surface area (Å²) in [6, 6.07) is 22.5. The Morgan fingerprint density at radius 1 is 0.931 bits per heavy atom. The number of nitrogens with one attached hydrogen (secondary N) is 2. The van der Waals surface area contributed by atoms with Crippen LogP contribution in [0, 0.1) is 0 Å². The zero-order valence-corrected chi connectivity index (χ0v) is 16.9. The van der Waals surface area contributed by atoms with Crippen molar-refractivity contribution in [3.05, 3.63) is 84.6 Å². The van der Waals surface area contributed by atoms with Crippen LogP contribution in [0.15, 0.2) is 83.9 Å². The van der Waals surface area contributed by atoms with E-state index in [1.54, 1.807) is 19.2 Å². The fourth-order valence-corrected chi connectivity index (χ4v) is 4.40. The first kappa shape index (κ1) is 19.2. The van der Waals surface area contributed by atoms with Gasteiger partial charge in [0.15, 0.2) is 0 Å². The molecule has 0 amide bonds. The Morgan fingerprint density at radius 2 is 1.72 bits per heavy atom. The molecule has 3 aromatic carbocycles. The topological polar surface area (TPSA) is 71.2 Å². The highest BCUT2D eigenvalue weighted by atomic mass is 32.2. The van der Waals surface area contributed by atoms with E-state index in [2.05, 4.69) is 9.71 Å². The van der Waals surface area contributed by atoms with E-state index in [-0.39, 0.29) is 4.90 Å². The molecule has 148 valence electrons. The molecule has 0 aliphatic carbocycles. The van der Waals surface area contributed by atoms with Crippen LogP contribution in [0.5, 0.6) is 5.75 Å². The lowest BCUT2D eigenvalue weighted by atomic mass is 10.1. The van der Waals surface area contributed by atoms with Crippen molar-refractivity contribution in [3.63, 3.8) is 0 Å². The second-order valence-electron chi connectivity index (χ2n) is 6.76. The van der Waals surface area contributed by atoms with Crippen LogP contribution in [0.1, 0.15) is 5.56 Å². The normalized spacial score (nSPS) is 11.6. The third kappa shape index (κ3) is 4.18. The second kappa shape index (κ2) is 8.11. The highest BCUT2D eigenvalue weighted by Crippen LogP contribution is 2.25. The molecule has 0 spiro atoms. The molecule has 0 atom stereocenters. The van der Waals surface area contributed by atoms with Gasteiger partial charge in [0, 0.05) is 23.6 Å². The van der Waals surface area contributed by atoms with Gasteiger partial charge in [0.05, 0.1) is 12.0 Å². The number of aromatic amines is 1. The molecule has 0 saturated carbocycles. The van der Waals surface area contributed by atoms with Gasteiger partial charge in [-0.15, -0.1) is 0 Å². The zero-order valence-electron chi connectivity index (χ0n) is 16.1. The van der Waals surface area contributed by atoms with E-state index < -0.39 is 10.0 Å². The van der Waals surface area contributed by atoms with Crippen molar-refractivity contribution in [3.8, 4) is 16.9 Å². The van der Waals surface area contributed by atoms with Crippen LogP contribution >= 0.6 is 0 Å². The maximum absolute atomic E-state index is 12.6. The molecule has 5 nitrogen and oxygen atoms in total. The van der Waals surface area contributed by atoms with Crippen LogP contribution in [-0.2, 0) is 16.4 Å². The maximum atomic E-state index is 12.6. The van der Waals surface area contributed by atoms with Gasteiger partial charge in [-0.1, -0.05) is 42.5 Å². The number of benzene rings is 3. The minimum Gasteiger partial charge on any atom is -0.497 e. The number of rotatable bonds is 7. The predicted octanol–water partition coefficient (Wildman–Crippen LogP) is 4.36. The summed E-state index contributed by atoms with van der Waals surface area (Å²) in [5.74, 6) is 0.762. The van der Waals surface area contributed by atoms with E-state index >= 15 is 0 Å². The average molecular weight is 407 g/mol. The first-order valence-electron chi connectivity index (χ1n) is 9.36. The molecule has 29 heavy (non-hydrogen) atoms. The van der Waals surface area contributed by atoms with Gasteiger partial charge in [0.2, 0.25) is 10.0 Å². The number of methoxy groups -OCH3 is 1. The third-order valence-corrected chi connectivity index (χ3v) is 6.41. The van der Waals surface area contributed by atoms with Crippen molar-refractivity contribution in [2.45, 2.75) is 11.3 Å².